The standard InChI is InChI=1S/C22H43NO5/c1-2-3-4-5-6-7-8-9-10-11-12-13-14-15-20(24)21(22(25)26)28-19-18-27-17-16-23/h21H,2-19,23H2,1H3,(H,25,26). The van der Waals surface area contributed by atoms with Gasteiger partial charge in [-0.1, -0.05) is 84.0 Å². The minimum Gasteiger partial charge on any atom is -0.479 e. The normalized spacial score (nSPS) is 12.2. The van der Waals surface area contributed by atoms with E-state index < -0.39 is 12.1 Å². The van der Waals surface area contributed by atoms with Gasteiger partial charge in [0, 0.05) is 13.0 Å². The van der Waals surface area contributed by atoms with Crippen molar-refractivity contribution < 1.29 is 24.2 Å². The first-order valence-electron chi connectivity index (χ1n) is 11.3. The SMILES string of the molecule is CCCCCCCCCCCCCCCC(=O)C(OCCOCCN)C(=O)O. The number of carboxylic acid groups (broad SMARTS) is 1. The van der Waals surface area contributed by atoms with Gasteiger partial charge in [0.25, 0.3) is 0 Å². The molecule has 28 heavy (non-hydrogen) atoms. The number of hydrogen-bond acceptors (Lipinski definition) is 5. The Morgan fingerprint density at radius 1 is 0.786 bits per heavy atom. The first kappa shape index (κ1) is 27.0. The molecule has 0 saturated heterocycles. The lowest BCUT2D eigenvalue weighted by atomic mass is 10.0. The molecule has 0 spiro atoms. The fraction of sp³-hybridized carbons (Fsp3) is 0.909. The number of aliphatic carboxylic acids is 1. The Balaban J connectivity index is 3.56. The van der Waals surface area contributed by atoms with Crippen molar-refractivity contribution in [3.63, 3.8) is 0 Å². The smallest absolute Gasteiger partial charge is 0.340 e. The van der Waals surface area contributed by atoms with Crippen LogP contribution in [0.1, 0.15) is 96.8 Å². The van der Waals surface area contributed by atoms with Crippen molar-refractivity contribution in [3.05, 3.63) is 0 Å². The highest BCUT2D eigenvalue weighted by Gasteiger charge is 2.26. The molecule has 3 N–H and O–H groups in total. The topological polar surface area (TPSA) is 98.9 Å². The summed E-state index contributed by atoms with van der Waals surface area (Å²) in [4.78, 5) is 23.2. The van der Waals surface area contributed by atoms with E-state index in [1.54, 1.807) is 0 Å². The van der Waals surface area contributed by atoms with E-state index in [0.29, 0.717) is 13.2 Å². The van der Waals surface area contributed by atoms with Crippen LogP contribution in [0.4, 0.5) is 0 Å². The average molecular weight is 402 g/mol. The van der Waals surface area contributed by atoms with Crippen LogP contribution in [0.5, 0.6) is 0 Å². The van der Waals surface area contributed by atoms with Crippen molar-refractivity contribution in [1.82, 2.24) is 0 Å². The lowest BCUT2D eigenvalue weighted by molar-refractivity contribution is -0.157. The van der Waals surface area contributed by atoms with Crippen LogP contribution >= 0.6 is 0 Å². The Hall–Kier alpha value is -0.980. The minimum absolute atomic E-state index is 0.0846. The average Bonchev–Trinajstić information content (AvgIpc) is 2.67. The third-order valence-corrected chi connectivity index (χ3v) is 4.82. The van der Waals surface area contributed by atoms with E-state index >= 15 is 0 Å². The van der Waals surface area contributed by atoms with Crippen LogP contribution in [-0.2, 0) is 19.1 Å². The minimum atomic E-state index is -1.38. The number of unbranched alkanes of at least 4 members (excludes halogenated alkanes) is 12. The predicted octanol–water partition coefficient (Wildman–Crippen LogP) is 4.48. The summed E-state index contributed by atoms with van der Waals surface area (Å²) in [7, 11) is 0. The second-order valence-corrected chi connectivity index (χ2v) is 7.45. The Morgan fingerprint density at radius 3 is 1.75 bits per heavy atom. The second-order valence-electron chi connectivity index (χ2n) is 7.45. The third kappa shape index (κ3) is 17.1. The van der Waals surface area contributed by atoms with Crippen LogP contribution in [0.25, 0.3) is 0 Å². The highest BCUT2D eigenvalue weighted by atomic mass is 16.5. The van der Waals surface area contributed by atoms with Crippen molar-refractivity contribution in [2.45, 2.75) is 103 Å². The zero-order chi connectivity index (χ0) is 20.9. The Kier molecular flexibility index (Phi) is 20.0. The van der Waals surface area contributed by atoms with Gasteiger partial charge in [-0.15, -0.1) is 0 Å². The maximum absolute atomic E-state index is 12.0. The molecule has 0 fully saturated rings. The zero-order valence-corrected chi connectivity index (χ0v) is 18.0. The third-order valence-electron chi connectivity index (χ3n) is 4.82. The molecule has 6 nitrogen and oxygen atoms in total. The highest BCUT2D eigenvalue weighted by molar-refractivity contribution is 6.01. The number of carbonyl (C=O) groups is 2. The number of Topliss-reactive ketones (excluding diaryl/α,β-unsaturated/α-hetero) is 1. The van der Waals surface area contributed by atoms with Crippen molar-refractivity contribution in [1.29, 1.82) is 0 Å². The molecule has 6 heteroatoms. The molecule has 0 aromatic heterocycles. The molecule has 0 heterocycles. The number of carbonyl (C=O) groups excluding carboxylic acids is 1. The molecule has 0 aliphatic rings. The van der Waals surface area contributed by atoms with E-state index in [2.05, 4.69) is 6.92 Å². The summed E-state index contributed by atoms with van der Waals surface area (Å²) in [6.07, 6.45) is 14.9. The van der Waals surface area contributed by atoms with Crippen LogP contribution in [0.3, 0.4) is 0 Å². The molecule has 0 aliphatic heterocycles. The van der Waals surface area contributed by atoms with Crippen LogP contribution in [0.15, 0.2) is 0 Å². The summed E-state index contributed by atoms with van der Waals surface area (Å²) >= 11 is 0. The van der Waals surface area contributed by atoms with Gasteiger partial charge in [-0.2, -0.15) is 0 Å². The fourth-order valence-corrected chi connectivity index (χ4v) is 3.16. The first-order chi connectivity index (χ1) is 13.6. The van der Waals surface area contributed by atoms with Gasteiger partial charge in [-0.3, -0.25) is 4.79 Å². The lowest BCUT2D eigenvalue weighted by Crippen LogP contribution is -2.34. The van der Waals surface area contributed by atoms with E-state index in [0.717, 1.165) is 19.3 Å². The van der Waals surface area contributed by atoms with Crippen LogP contribution in [-0.4, -0.2) is 49.3 Å². The molecule has 0 amide bonds. The number of nitrogens with two attached hydrogens (primary N) is 1. The van der Waals surface area contributed by atoms with Gasteiger partial charge in [-0.05, 0) is 6.42 Å². The Morgan fingerprint density at radius 2 is 1.29 bits per heavy atom. The van der Waals surface area contributed by atoms with E-state index in [9.17, 15) is 9.59 Å². The predicted molar refractivity (Wildman–Crippen MR) is 113 cm³/mol. The molecular weight excluding hydrogens is 358 g/mol. The molecule has 0 aliphatic carbocycles. The Labute approximate surface area is 171 Å². The van der Waals surface area contributed by atoms with E-state index in [1.165, 1.54) is 64.2 Å². The van der Waals surface area contributed by atoms with E-state index in [1.807, 2.05) is 0 Å². The molecule has 166 valence electrons. The van der Waals surface area contributed by atoms with Gasteiger partial charge >= 0.3 is 5.97 Å². The molecule has 0 bridgehead atoms. The number of ether oxygens (including phenoxy) is 2. The number of hydrogen-bond donors (Lipinski definition) is 2. The lowest BCUT2D eigenvalue weighted by Gasteiger charge is -2.12. The molecule has 0 radical (unpaired) electrons. The van der Waals surface area contributed by atoms with Crippen LogP contribution in [0.2, 0.25) is 0 Å². The van der Waals surface area contributed by atoms with Crippen molar-refractivity contribution in [3.8, 4) is 0 Å². The summed E-state index contributed by atoms with van der Waals surface area (Å²) in [5.41, 5.74) is 5.29. The maximum Gasteiger partial charge on any atom is 0.340 e. The van der Waals surface area contributed by atoms with Crippen molar-refractivity contribution in [2.75, 3.05) is 26.4 Å². The van der Waals surface area contributed by atoms with Gasteiger partial charge in [0.05, 0.1) is 19.8 Å². The molecular formula is C22H43NO5. The van der Waals surface area contributed by atoms with Gasteiger partial charge < -0.3 is 20.3 Å². The summed E-state index contributed by atoms with van der Waals surface area (Å²) < 4.78 is 10.3. The summed E-state index contributed by atoms with van der Waals surface area (Å²) in [5.74, 6) is -1.58. The molecule has 0 rings (SSSR count). The zero-order valence-electron chi connectivity index (χ0n) is 18.0. The largest absolute Gasteiger partial charge is 0.479 e. The molecule has 0 aromatic rings. The van der Waals surface area contributed by atoms with Crippen molar-refractivity contribution >= 4 is 11.8 Å². The summed E-state index contributed by atoms with van der Waals surface area (Å²) in [5, 5.41) is 9.14. The quantitative estimate of drug-likeness (QED) is 0.205. The van der Waals surface area contributed by atoms with Gasteiger partial charge in [0.1, 0.15) is 0 Å². The highest BCUT2D eigenvalue weighted by Crippen LogP contribution is 2.13. The maximum atomic E-state index is 12.0. The van der Waals surface area contributed by atoms with Gasteiger partial charge in [-0.25, -0.2) is 4.79 Å². The molecule has 1 atom stereocenters. The second kappa shape index (κ2) is 20.7. The molecule has 0 saturated carbocycles. The Bertz CT molecular complexity index is 376. The first-order valence-corrected chi connectivity index (χ1v) is 11.3. The van der Waals surface area contributed by atoms with Crippen molar-refractivity contribution in [2.24, 2.45) is 5.73 Å². The summed E-state index contributed by atoms with van der Waals surface area (Å²) in [6, 6.07) is 0. The van der Waals surface area contributed by atoms with Crippen LogP contribution in [0, 0.1) is 0 Å². The number of rotatable bonds is 22. The number of carboxylic acids is 1. The molecule has 0 aromatic carbocycles. The fourth-order valence-electron chi connectivity index (χ4n) is 3.16. The van der Waals surface area contributed by atoms with Gasteiger partial charge in [0.2, 0.25) is 6.10 Å². The van der Waals surface area contributed by atoms with Gasteiger partial charge in [0.15, 0.2) is 5.78 Å². The van der Waals surface area contributed by atoms with E-state index in [4.69, 9.17) is 20.3 Å². The summed E-state index contributed by atoms with van der Waals surface area (Å²) in [6.45, 7) is 3.37. The van der Waals surface area contributed by atoms with Crippen LogP contribution < -0.4 is 5.73 Å². The van der Waals surface area contributed by atoms with E-state index in [-0.39, 0.29) is 25.4 Å². The monoisotopic (exact) mass is 401 g/mol. The number of ketones is 1. The molecule has 1 unspecified atom stereocenters.